The Kier molecular flexibility index (Phi) is 4.50. The highest BCUT2D eigenvalue weighted by atomic mass is 79.9. The number of hydrogen-bond acceptors (Lipinski definition) is 2. The van der Waals surface area contributed by atoms with Gasteiger partial charge in [0.15, 0.2) is 0 Å². The van der Waals surface area contributed by atoms with Gasteiger partial charge in [-0.3, -0.25) is 0 Å². The smallest absolute Gasteiger partial charge is 0.145 e. The summed E-state index contributed by atoms with van der Waals surface area (Å²) in [5, 5.41) is 0.510. The van der Waals surface area contributed by atoms with Crippen LogP contribution < -0.4 is 10.6 Å². The minimum atomic E-state index is -0.613. The zero-order valence-electron chi connectivity index (χ0n) is 10.6. The average Bonchev–Trinajstić information content (AvgIpc) is 2.41. The zero-order valence-corrected chi connectivity index (χ0v) is 13.0. The summed E-state index contributed by atoms with van der Waals surface area (Å²) in [6.45, 7) is 0.0433. The second-order valence-electron chi connectivity index (χ2n) is 4.38. The number of hydrogen-bond donors (Lipinski definition) is 1. The van der Waals surface area contributed by atoms with E-state index >= 15 is 0 Å². The molecule has 0 amide bonds. The number of nitrogen functional groups attached to an aromatic ring is 1. The van der Waals surface area contributed by atoms with Gasteiger partial charge in [-0.25, -0.2) is 8.78 Å². The maximum absolute atomic E-state index is 13.9. The van der Waals surface area contributed by atoms with Gasteiger partial charge >= 0.3 is 0 Å². The van der Waals surface area contributed by atoms with Crippen molar-refractivity contribution < 1.29 is 8.78 Å². The molecule has 0 bridgehead atoms. The normalized spacial score (nSPS) is 10.7. The van der Waals surface area contributed by atoms with E-state index in [4.69, 9.17) is 17.3 Å². The van der Waals surface area contributed by atoms with Gasteiger partial charge in [0.1, 0.15) is 11.6 Å². The van der Waals surface area contributed by atoms with E-state index < -0.39 is 11.6 Å². The zero-order chi connectivity index (χ0) is 14.9. The van der Waals surface area contributed by atoms with Crippen LogP contribution >= 0.6 is 27.5 Å². The molecule has 0 radical (unpaired) electrons. The minimum absolute atomic E-state index is 0.0266. The van der Waals surface area contributed by atoms with Crippen molar-refractivity contribution in [2.24, 2.45) is 0 Å². The van der Waals surface area contributed by atoms with Crippen molar-refractivity contribution in [1.29, 1.82) is 0 Å². The quantitative estimate of drug-likeness (QED) is 0.639. The Balaban J connectivity index is 2.35. The van der Waals surface area contributed by atoms with Gasteiger partial charge in [0, 0.05) is 24.2 Å². The standard InChI is InChI=1S/C14H12BrClF2N2/c1-20(13-6-8(16)2-5-12(13)19)7-9-11(17)4-3-10(15)14(9)18/h2-6H,7,19H2,1H3. The lowest BCUT2D eigenvalue weighted by molar-refractivity contribution is 0.549. The van der Waals surface area contributed by atoms with Crippen LogP contribution in [0.1, 0.15) is 5.56 Å². The van der Waals surface area contributed by atoms with Gasteiger partial charge in [0.05, 0.1) is 15.8 Å². The fourth-order valence-corrected chi connectivity index (χ4v) is 2.42. The molecule has 2 aromatic carbocycles. The molecule has 0 aliphatic heterocycles. The molecule has 0 aromatic heterocycles. The van der Waals surface area contributed by atoms with Crippen LogP contribution in [-0.2, 0) is 6.54 Å². The van der Waals surface area contributed by atoms with E-state index in [1.54, 1.807) is 30.1 Å². The molecule has 6 heteroatoms. The second kappa shape index (κ2) is 5.97. The number of nitrogens with two attached hydrogens (primary N) is 1. The molecular weight excluding hydrogens is 350 g/mol. The van der Waals surface area contributed by atoms with E-state index in [0.717, 1.165) is 0 Å². The number of halogens is 4. The highest BCUT2D eigenvalue weighted by Gasteiger charge is 2.15. The summed E-state index contributed by atoms with van der Waals surface area (Å²) in [4.78, 5) is 1.65. The highest BCUT2D eigenvalue weighted by Crippen LogP contribution is 2.29. The van der Waals surface area contributed by atoms with Gasteiger partial charge in [-0.1, -0.05) is 11.6 Å². The molecule has 106 valence electrons. The van der Waals surface area contributed by atoms with Crippen LogP contribution in [0.15, 0.2) is 34.8 Å². The van der Waals surface area contributed by atoms with Crippen molar-refractivity contribution in [3.05, 3.63) is 57.0 Å². The SMILES string of the molecule is CN(Cc1c(F)ccc(Br)c1F)c1cc(Cl)ccc1N. The Morgan fingerprint density at radius 2 is 1.95 bits per heavy atom. The maximum Gasteiger partial charge on any atom is 0.145 e. The van der Waals surface area contributed by atoms with Crippen molar-refractivity contribution in [3.8, 4) is 0 Å². The molecule has 0 unspecified atom stereocenters. The second-order valence-corrected chi connectivity index (χ2v) is 5.67. The van der Waals surface area contributed by atoms with Crippen LogP contribution in [-0.4, -0.2) is 7.05 Å². The van der Waals surface area contributed by atoms with Crippen molar-refractivity contribution >= 4 is 38.9 Å². The maximum atomic E-state index is 13.9. The predicted octanol–water partition coefficient (Wildman–Crippen LogP) is 4.60. The monoisotopic (exact) mass is 360 g/mol. The van der Waals surface area contributed by atoms with Crippen molar-refractivity contribution in [3.63, 3.8) is 0 Å². The third kappa shape index (κ3) is 3.04. The lowest BCUT2D eigenvalue weighted by atomic mass is 10.1. The molecule has 2 nitrogen and oxygen atoms in total. The summed E-state index contributed by atoms with van der Waals surface area (Å²) in [7, 11) is 1.70. The summed E-state index contributed by atoms with van der Waals surface area (Å²) in [5.74, 6) is -1.21. The van der Waals surface area contributed by atoms with E-state index in [9.17, 15) is 8.78 Å². The first-order valence-electron chi connectivity index (χ1n) is 5.78. The summed E-state index contributed by atoms with van der Waals surface area (Å²) < 4.78 is 27.9. The Bertz CT molecular complexity index is 649. The van der Waals surface area contributed by atoms with E-state index in [1.807, 2.05) is 0 Å². The lowest BCUT2D eigenvalue weighted by Crippen LogP contribution is -2.19. The third-order valence-electron chi connectivity index (χ3n) is 2.94. The van der Waals surface area contributed by atoms with Gasteiger partial charge < -0.3 is 10.6 Å². The molecule has 2 rings (SSSR count). The first kappa shape index (κ1) is 15.1. The largest absolute Gasteiger partial charge is 0.397 e. The van der Waals surface area contributed by atoms with Crippen LogP contribution in [0.2, 0.25) is 5.02 Å². The molecule has 2 aromatic rings. The predicted molar refractivity (Wildman–Crippen MR) is 82.0 cm³/mol. The van der Waals surface area contributed by atoms with Crippen molar-refractivity contribution in [2.45, 2.75) is 6.54 Å². The molecule has 0 saturated heterocycles. The van der Waals surface area contributed by atoms with Crippen LogP contribution in [0, 0.1) is 11.6 Å². The molecule has 0 spiro atoms. The molecule has 0 aliphatic rings. The molecule has 2 N–H and O–H groups in total. The van der Waals surface area contributed by atoms with E-state index in [0.29, 0.717) is 16.4 Å². The lowest BCUT2D eigenvalue weighted by Gasteiger charge is -2.22. The van der Waals surface area contributed by atoms with Gasteiger partial charge in [-0.05, 0) is 46.3 Å². The van der Waals surface area contributed by atoms with E-state index in [1.165, 1.54) is 12.1 Å². The minimum Gasteiger partial charge on any atom is -0.397 e. The summed E-state index contributed by atoms with van der Waals surface area (Å²) in [6.07, 6.45) is 0. The summed E-state index contributed by atoms with van der Waals surface area (Å²) in [5.41, 5.74) is 6.94. The van der Waals surface area contributed by atoms with E-state index in [-0.39, 0.29) is 16.6 Å². The van der Waals surface area contributed by atoms with Crippen LogP contribution in [0.4, 0.5) is 20.2 Å². The number of benzene rings is 2. The Morgan fingerprint density at radius 3 is 2.65 bits per heavy atom. The molecule has 0 atom stereocenters. The Hall–Kier alpha value is -1.33. The van der Waals surface area contributed by atoms with Gasteiger partial charge in [-0.2, -0.15) is 0 Å². The third-order valence-corrected chi connectivity index (χ3v) is 3.79. The number of rotatable bonds is 3. The highest BCUT2D eigenvalue weighted by molar-refractivity contribution is 9.10. The molecule has 0 aliphatic carbocycles. The summed E-state index contributed by atoms with van der Waals surface area (Å²) in [6, 6.07) is 7.53. The molecule has 0 heterocycles. The Morgan fingerprint density at radius 1 is 1.25 bits per heavy atom. The van der Waals surface area contributed by atoms with Gasteiger partial charge in [0.25, 0.3) is 0 Å². The number of anilines is 2. The van der Waals surface area contributed by atoms with Crippen molar-refractivity contribution in [2.75, 3.05) is 17.7 Å². The first-order chi connectivity index (χ1) is 9.40. The molecule has 0 fully saturated rings. The van der Waals surface area contributed by atoms with E-state index in [2.05, 4.69) is 15.9 Å². The fourth-order valence-electron chi connectivity index (χ4n) is 1.88. The number of nitrogens with zero attached hydrogens (tertiary/aromatic N) is 1. The Labute approximate surface area is 129 Å². The van der Waals surface area contributed by atoms with Gasteiger partial charge in [-0.15, -0.1) is 0 Å². The van der Waals surface area contributed by atoms with Gasteiger partial charge in [0.2, 0.25) is 0 Å². The topological polar surface area (TPSA) is 29.3 Å². The fraction of sp³-hybridized carbons (Fsp3) is 0.143. The van der Waals surface area contributed by atoms with Crippen LogP contribution in [0.5, 0.6) is 0 Å². The average molecular weight is 362 g/mol. The van der Waals surface area contributed by atoms with Crippen molar-refractivity contribution in [1.82, 2.24) is 0 Å². The van der Waals surface area contributed by atoms with Crippen LogP contribution in [0.3, 0.4) is 0 Å². The molecule has 20 heavy (non-hydrogen) atoms. The van der Waals surface area contributed by atoms with Crippen LogP contribution in [0.25, 0.3) is 0 Å². The summed E-state index contributed by atoms with van der Waals surface area (Å²) >= 11 is 8.96. The molecule has 0 saturated carbocycles. The first-order valence-corrected chi connectivity index (χ1v) is 6.95. The molecular formula is C14H12BrClF2N2.